The third kappa shape index (κ3) is 4.10. The summed E-state index contributed by atoms with van der Waals surface area (Å²) < 4.78 is 10.7. The van der Waals surface area contributed by atoms with E-state index in [-0.39, 0.29) is 28.5 Å². The first-order valence-corrected chi connectivity index (χ1v) is 8.33. The van der Waals surface area contributed by atoms with E-state index < -0.39 is 0 Å². The Hall–Kier alpha value is -3.00. The second kappa shape index (κ2) is 7.71. The Morgan fingerprint density at radius 3 is 2.76 bits per heavy atom. The molecule has 0 aliphatic carbocycles. The van der Waals surface area contributed by atoms with Gasteiger partial charge in [0.2, 0.25) is 5.91 Å². The first-order valence-electron chi connectivity index (χ1n) is 7.35. The van der Waals surface area contributed by atoms with Gasteiger partial charge in [0.1, 0.15) is 11.5 Å². The molecule has 7 nitrogen and oxygen atoms in total. The summed E-state index contributed by atoms with van der Waals surface area (Å²) in [5.41, 5.74) is 1.04. The minimum atomic E-state index is -0.225. The molecule has 0 radical (unpaired) electrons. The summed E-state index contributed by atoms with van der Waals surface area (Å²) in [6, 6.07) is 13.8. The molecule has 0 saturated heterocycles. The molecule has 8 heteroatoms. The number of methoxy groups -OCH3 is 1. The normalized spacial score (nSPS) is 10.4. The van der Waals surface area contributed by atoms with Gasteiger partial charge in [0, 0.05) is 0 Å². The number of anilines is 1. The fourth-order valence-corrected chi connectivity index (χ4v) is 2.66. The number of hydrogen-bond acceptors (Lipinski definition) is 7. The van der Waals surface area contributed by atoms with Crippen LogP contribution in [0.4, 0.5) is 5.69 Å². The number of ether oxygens (including phenoxy) is 1. The van der Waals surface area contributed by atoms with Crippen LogP contribution in [0.3, 0.4) is 0 Å². The standard InChI is InChI=1S/C17H15N3O4S/c1-23-14-9-5-3-7-12(14)18-15(22)10-25-17-20-19-16(24-17)11-6-2-4-8-13(11)21/h2-9,21H,10H2,1H3,(H,18,22). The Morgan fingerprint density at radius 2 is 1.96 bits per heavy atom. The summed E-state index contributed by atoms with van der Waals surface area (Å²) in [4.78, 5) is 12.1. The van der Waals surface area contributed by atoms with Gasteiger partial charge in [-0.3, -0.25) is 4.79 Å². The van der Waals surface area contributed by atoms with E-state index in [1.807, 2.05) is 12.1 Å². The third-order valence-corrected chi connectivity index (χ3v) is 4.07. The molecule has 0 saturated carbocycles. The Bertz CT molecular complexity index is 882. The van der Waals surface area contributed by atoms with E-state index in [1.165, 1.54) is 6.07 Å². The SMILES string of the molecule is COc1ccccc1NC(=O)CSc1nnc(-c2ccccc2O)o1. The zero-order chi connectivity index (χ0) is 17.6. The molecule has 2 N–H and O–H groups in total. The number of phenolic OH excluding ortho intramolecular Hbond substituents is 1. The maximum Gasteiger partial charge on any atom is 0.277 e. The molecule has 2 aromatic carbocycles. The molecule has 0 fully saturated rings. The summed E-state index contributed by atoms with van der Waals surface area (Å²) in [7, 11) is 1.54. The van der Waals surface area contributed by atoms with Crippen molar-refractivity contribution in [3.63, 3.8) is 0 Å². The van der Waals surface area contributed by atoms with Crippen LogP contribution < -0.4 is 10.1 Å². The van der Waals surface area contributed by atoms with Gasteiger partial charge in [-0.1, -0.05) is 36.0 Å². The zero-order valence-electron chi connectivity index (χ0n) is 13.3. The van der Waals surface area contributed by atoms with Crippen LogP contribution in [0.2, 0.25) is 0 Å². The Kier molecular flexibility index (Phi) is 5.20. The van der Waals surface area contributed by atoms with E-state index in [2.05, 4.69) is 15.5 Å². The van der Waals surface area contributed by atoms with Crippen LogP contribution >= 0.6 is 11.8 Å². The number of phenols is 1. The summed E-state index contributed by atoms with van der Waals surface area (Å²) in [5.74, 6) is 0.708. The van der Waals surface area contributed by atoms with Gasteiger partial charge in [-0.15, -0.1) is 10.2 Å². The van der Waals surface area contributed by atoms with Gasteiger partial charge in [0.05, 0.1) is 24.1 Å². The monoisotopic (exact) mass is 357 g/mol. The van der Waals surface area contributed by atoms with E-state index >= 15 is 0 Å². The van der Waals surface area contributed by atoms with Crippen molar-refractivity contribution in [3.05, 3.63) is 48.5 Å². The summed E-state index contributed by atoms with van der Waals surface area (Å²) >= 11 is 1.11. The first kappa shape index (κ1) is 16.8. The molecule has 128 valence electrons. The molecule has 0 aliphatic heterocycles. The number of carbonyl (C=O) groups is 1. The van der Waals surface area contributed by atoms with Gasteiger partial charge < -0.3 is 19.6 Å². The Balaban J connectivity index is 1.61. The highest BCUT2D eigenvalue weighted by molar-refractivity contribution is 7.99. The molecule has 0 aliphatic rings. The number of thioether (sulfide) groups is 1. The van der Waals surface area contributed by atoms with Crippen LogP contribution in [0.25, 0.3) is 11.5 Å². The van der Waals surface area contributed by atoms with E-state index in [4.69, 9.17) is 9.15 Å². The van der Waals surface area contributed by atoms with Crippen LogP contribution in [0.15, 0.2) is 58.2 Å². The molecule has 0 bridgehead atoms. The van der Waals surface area contributed by atoms with Crippen molar-refractivity contribution in [2.45, 2.75) is 5.22 Å². The van der Waals surface area contributed by atoms with Crippen LogP contribution in [0, 0.1) is 0 Å². The minimum Gasteiger partial charge on any atom is -0.507 e. The quantitative estimate of drug-likeness (QED) is 0.654. The van der Waals surface area contributed by atoms with Crippen molar-refractivity contribution in [1.82, 2.24) is 10.2 Å². The lowest BCUT2D eigenvalue weighted by Gasteiger charge is -2.08. The molecular weight excluding hydrogens is 342 g/mol. The number of carbonyl (C=O) groups excluding carboxylic acids is 1. The molecule has 25 heavy (non-hydrogen) atoms. The summed E-state index contributed by atoms with van der Waals surface area (Å²) in [6.07, 6.45) is 0. The number of nitrogens with zero attached hydrogens (tertiary/aromatic N) is 2. The number of amides is 1. The average molecular weight is 357 g/mol. The lowest BCUT2D eigenvalue weighted by atomic mass is 10.2. The molecule has 0 unspecified atom stereocenters. The van der Waals surface area contributed by atoms with Crippen LogP contribution in [-0.2, 0) is 4.79 Å². The molecule has 3 aromatic rings. The fraction of sp³-hybridized carbons (Fsp3) is 0.118. The van der Waals surface area contributed by atoms with E-state index in [9.17, 15) is 9.90 Å². The van der Waals surface area contributed by atoms with Crippen LogP contribution in [-0.4, -0.2) is 34.1 Å². The van der Waals surface area contributed by atoms with Crippen molar-refractivity contribution >= 4 is 23.4 Å². The van der Waals surface area contributed by atoms with Gasteiger partial charge >= 0.3 is 0 Å². The number of aromatic hydroxyl groups is 1. The number of benzene rings is 2. The number of rotatable bonds is 6. The summed E-state index contributed by atoms with van der Waals surface area (Å²) in [5, 5.41) is 20.6. The van der Waals surface area contributed by atoms with Gasteiger partial charge in [-0.05, 0) is 24.3 Å². The average Bonchev–Trinajstić information content (AvgIpc) is 3.09. The van der Waals surface area contributed by atoms with E-state index in [0.29, 0.717) is 17.0 Å². The molecular formula is C17H15N3O4S. The van der Waals surface area contributed by atoms with Crippen LogP contribution in [0.5, 0.6) is 11.5 Å². The second-order valence-corrected chi connectivity index (χ2v) is 5.85. The lowest BCUT2D eigenvalue weighted by Crippen LogP contribution is -2.14. The number of hydrogen-bond donors (Lipinski definition) is 2. The predicted octanol–water partition coefficient (Wildman–Crippen LogP) is 3.18. The number of para-hydroxylation sites is 3. The summed E-state index contributed by atoms with van der Waals surface area (Å²) in [6.45, 7) is 0. The van der Waals surface area contributed by atoms with Crippen molar-refractivity contribution in [2.75, 3.05) is 18.2 Å². The highest BCUT2D eigenvalue weighted by Gasteiger charge is 2.14. The highest BCUT2D eigenvalue weighted by atomic mass is 32.2. The highest BCUT2D eigenvalue weighted by Crippen LogP contribution is 2.29. The minimum absolute atomic E-state index is 0.0524. The maximum absolute atomic E-state index is 12.1. The van der Waals surface area contributed by atoms with Crippen molar-refractivity contribution in [2.24, 2.45) is 0 Å². The lowest BCUT2D eigenvalue weighted by molar-refractivity contribution is -0.113. The zero-order valence-corrected chi connectivity index (χ0v) is 14.1. The van der Waals surface area contributed by atoms with Crippen LogP contribution in [0.1, 0.15) is 0 Å². The topological polar surface area (TPSA) is 97.5 Å². The molecule has 1 amide bonds. The molecule has 1 aromatic heterocycles. The largest absolute Gasteiger partial charge is 0.507 e. The van der Waals surface area contributed by atoms with Crippen molar-refractivity contribution in [1.29, 1.82) is 0 Å². The fourth-order valence-electron chi connectivity index (χ4n) is 2.09. The third-order valence-electron chi connectivity index (χ3n) is 3.25. The molecule has 1 heterocycles. The Morgan fingerprint density at radius 1 is 1.20 bits per heavy atom. The van der Waals surface area contributed by atoms with E-state index in [0.717, 1.165) is 11.8 Å². The second-order valence-electron chi connectivity index (χ2n) is 4.93. The molecule has 0 atom stereocenters. The van der Waals surface area contributed by atoms with Gasteiger partial charge in [-0.2, -0.15) is 0 Å². The van der Waals surface area contributed by atoms with Crippen molar-refractivity contribution in [3.8, 4) is 23.0 Å². The van der Waals surface area contributed by atoms with E-state index in [1.54, 1.807) is 37.4 Å². The van der Waals surface area contributed by atoms with Gasteiger partial charge in [0.25, 0.3) is 11.1 Å². The van der Waals surface area contributed by atoms with Crippen molar-refractivity contribution < 1.29 is 19.1 Å². The number of aromatic nitrogens is 2. The maximum atomic E-state index is 12.1. The smallest absolute Gasteiger partial charge is 0.277 e. The molecule has 0 spiro atoms. The predicted molar refractivity (Wildman–Crippen MR) is 93.7 cm³/mol. The first-order chi connectivity index (χ1) is 12.2. The van der Waals surface area contributed by atoms with Gasteiger partial charge in [0.15, 0.2) is 0 Å². The Labute approximate surface area is 148 Å². The number of nitrogens with one attached hydrogen (secondary N) is 1. The molecule has 3 rings (SSSR count). The van der Waals surface area contributed by atoms with Gasteiger partial charge in [-0.25, -0.2) is 0 Å².